The molecule has 0 spiro atoms. The van der Waals surface area contributed by atoms with Crippen LogP contribution < -0.4 is 11.1 Å². The number of hydrogen-bond donors (Lipinski definition) is 2. The minimum atomic E-state index is 0.0313. The first kappa shape index (κ1) is 15.3. The second-order valence-electron chi connectivity index (χ2n) is 5.81. The number of likely N-dealkylation sites (N-methyl/N-ethyl adjacent to an activating group) is 1. The summed E-state index contributed by atoms with van der Waals surface area (Å²) in [4.78, 5) is 27.9. The zero-order valence-corrected chi connectivity index (χ0v) is 12.3. The Morgan fingerprint density at radius 3 is 2.50 bits per heavy atom. The van der Waals surface area contributed by atoms with Crippen LogP contribution in [0.15, 0.2) is 0 Å². The zero-order valence-electron chi connectivity index (χ0n) is 12.3. The van der Waals surface area contributed by atoms with Gasteiger partial charge in [-0.05, 0) is 25.3 Å². The fourth-order valence-corrected chi connectivity index (χ4v) is 3.29. The van der Waals surface area contributed by atoms with Crippen molar-refractivity contribution in [2.75, 3.05) is 46.3 Å². The van der Waals surface area contributed by atoms with Crippen LogP contribution in [0.25, 0.3) is 0 Å². The molecule has 2 fully saturated rings. The van der Waals surface area contributed by atoms with Gasteiger partial charge in [0.15, 0.2) is 0 Å². The van der Waals surface area contributed by atoms with E-state index < -0.39 is 0 Å². The Labute approximate surface area is 120 Å². The lowest BCUT2D eigenvalue weighted by atomic mass is 9.94. The second-order valence-corrected chi connectivity index (χ2v) is 5.81. The Bertz CT molecular complexity index is 353. The molecule has 114 valence electrons. The molecule has 1 heterocycles. The summed E-state index contributed by atoms with van der Waals surface area (Å²) in [7, 11) is 1.65. The minimum absolute atomic E-state index is 0.0313. The highest BCUT2D eigenvalue weighted by atomic mass is 16.2. The van der Waals surface area contributed by atoms with E-state index >= 15 is 0 Å². The molecule has 2 aliphatic rings. The summed E-state index contributed by atoms with van der Waals surface area (Å²) in [6.07, 6.45) is 3.19. The Hall–Kier alpha value is -1.14. The van der Waals surface area contributed by atoms with Crippen molar-refractivity contribution in [2.24, 2.45) is 17.6 Å². The third kappa shape index (κ3) is 3.49. The van der Waals surface area contributed by atoms with Crippen LogP contribution in [0.5, 0.6) is 0 Å². The predicted molar refractivity (Wildman–Crippen MR) is 77.0 cm³/mol. The summed E-state index contributed by atoms with van der Waals surface area (Å²) >= 11 is 0. The molecule has 0 aromatic rings. The molecule has 1 saturated heterocycles. The highest BCUT2D eigenvalue weighted by Gasteiger charge is 2.35. The number of piperazine rings is 1. The van der Waals surface area contributed by atoms with Gasteiger partial charge in [0.1, 0.15) is 0 Å². The first-order valence-electron chi connectivity index (χ1n) is 7.57. The maximum absolute atomic E-state index is 12.5. The normalized spacial score (nSPS) is 27.6. The quantitative estimate of drug-likeness (QED) is 0.711. The van der Waals surface area contributed by atoms with Crippen molar-refractivity contribution in [3.63, 3.8) is 0 Å². The molecule has 1 aliphatic heterocycles. The van der Waals surface area contributed by atoms with Crippen molar-refractivity contribution < 1.29 is 9.59 Å². The molecule has 3 N–H and O–H groups in total. The van der Waals surface area contributed by atoms with E-state index in [2.05, 4.69) is 10.2 Å². The highest BCUT2D eigenvalue weighted by Crippen LogP contribution is 2.32. The molecule has 6 nitrogen and oxygen atoms in total. The maximum Gasteiger partial charge on any atom is 0.233 e. The number of amides is 2. The summed E-state index contributed by atoms with van der Waals surface area (Å²) < 4.78 is 0. The first-order valence-corrected chi connectivity index (χ1v) is 7.57. The van der Waals surface area contributed by atoms with Gasteiger partial charge in [-0.2, -0.15) is 0 Å². The van der Waals surface area contributed by atoms with E-state index in [1.807, 2.05) is 4.90 Å². The topological polar surface area (TPSA) is 78.7 Å². The molecular formula is C14H26N4O2. The Morgan fingerprint density at radius 2 is 1.90 bits per heavy atom. The van der Waals surface area contributed by atoms with Gasteiger partial charge in [-0.1, -0.05) is 6.42 Å². The predicted octanol–water partition coefficient (Wildman–Crippen LogP) is -0.748. The van der Waals surface area contributed by atoms with Gasteiger partial charge in [-0.3, -0.25) is 14.5 Å². The number of nitrogens with zero attached hydrogens (tertiary/aromatic N) is 2. The maximum atomic E-state index is 12.5. The Balaban J connectivity index is 1.81. The van der Waals surface area contributed by atoms with Crippen LogP contribution in [0.2, 0.25) is 0 Å². The molecule has 6 heteroatoms. The van der Waals surface area contributed by atoms with E-state index in [4.69, 9.17) is 5.73 Å². The molecule has 0 radical (unpaired) electrons. The van der Waals surface area contributed by atoms with Gasteiger partial charge >= 0.3 is 0 Å². The second kappa shape index (κ2) is 7.04. The molecule has 2 atom stereocenters. The summed E-state index contributed by atoms with van der Waals surface area (Å²) in [5, 5.41) is 2.63. The smallest absolute Gasteiger partial charge is 0.233 e. The van der Waals surface area contributed by atoms with E-state index in [1.165, 1.54) is 0 Å². The standard InChI is InChI=1S/C14H26N4O2/c1-16-13(19)10-17-5-7-18(8-6-17)14(20)12-4-2-3-11(12)9-15/h11-12H,2-10,15H2,1H3,(H,16,19). The molecular weight excluding hydrogens is 256 g/mol. The summed E-state index contributed by atoms with van der Waals surface area (Å²) in [6, 6.07) is 0. The van der Waals surface area contributed by atoms with Crippen LogP contribution >= 0.6 is 0 Å². The number of rotatable bonds is 4. The monoisotopic (exact) mass is 282 g/mol. The van der Waals surface area contributed by atoms with Crippen LogP contribution in [-0.2, 0) is 9.59 Å². The van der Waals surface area contributed by atoms with Gasteiger partial charge in [0, 0.05) is 39.1 Å². The fraction of sp³-hybridized carbons (Fsp3) is 0.857. The Morgan fingerprint density at radius 1 is 1.20 bits per heavy atom. The van der Waals surface area contributed by atoms with Crippen molar-refractivity contribution in [3.05, 3.63) is 0 Å². The van der Waals surface area contributed by atoms with Gasteiger partial charge < -0.3 is 16.0 Å². The van der Waals surface area contributed by atoms with Crippen molar-refractivity contribution in [1.29, 1.82) is 0 Å². The largest absolute Gasteiger partial charge is 0.358 e. The van der Waals surface area contributed by atoms with E-state index in [0.29, 0.717) is 19.0 Å². The van der Waals surface area contributed by atoms with Crippen LogP contribution in [0, 0.1) is 11.8 Å². The van der Waals surface area contributed by atoms with E-state index in [9.17, 15) is 9.59 Å². The highest BCUT2D eigenvalue weighted by molar-refractivity contribution is 5.80. The fourth-order valence-electron chi connectivity index (χ4n) is 3.29. The lowest BCUT2D eigenvalue weighted by molar-refractivity contribution is -0.138. The van der Waals surface area contributed by atoms with Crippen molar-refractivity contribution in [3.8, 4) is 0 Å². The van der Waals surface area contributed by atoms with Gasteiger partial charge in [0.05, 0.1) is 6.54 Å². The zero-order chi connectivity index (χ0) is 14.5. The van der Waals surface area contributed by atoms with Crippen molar-refractivity contribution in [1.82, 2.24) is 15.1 Å². The van der Waals surface area contributed by atoms with Gasteiger partial charge in [-0.25, -0.2) is 0 Å². The molecule has 1 aliphatic carbocycles. The SMILES string of the molecule is CNC(=O)CN1CCN(C(=O)C2CCCC2CN)CC1. The molecule has 0 aromatic carbocycles. The van der Waals surface area contributed by atoms with Crippen LogP contribution in [0.4, 0.5) is 0 Å². The summed E-state index contributed by atoms with van der Waals surface area (Å²) in [5.41, 5.74) is 5.76. The van der Waals surface area contributed by atoms with Crippen LogP contribution in [0.1, 0.15) is 19.3 Å². The number of nitrogens with one attached hydrogen (secondary N) is 1. The first-order chi connectivity index (χ1) is 9.65. The van der Waals surface area contributed by atoms with E-state index in [0.717, 1.165) is 45.4 Å². The number of carbonyl (C=O) groups excluding carboxylic acids is 2. The lowest BCUT2D eigenvalue weighted by Gasteiger charge is -2.36. The molecule has 20 heavy (non-hydrogen) atoms. The lowest BCUT2D eigenvalue weighted by Crippen LogP contribution is -2.52. The van der Waals surface area contributed by atoms with Gasteiger partial charge in [0.2, 0.25) is 11.8 Å². The summed E-state index contributed by atoms with van der Waals surface area (Å²) in [5.74, 6) is 0.804. The molecule has 2 amide bonds. The molecule has 2 unspecified atom stereocenters. The Kier molecular flexibility index (Phi) is 5.37. The third-order valence-corrected chi connectivity index (χ3v) is 4.61. The van der Waals surface area contributed by atoms with Crippen molar-refractivity contribution >= 4 is 11.8 Å². The molecule has 2 rings (SSSR count). The number of nitrogens with two attached hydrogens (primary N) is 1. The molecule has 0 bridgehead atoms. The van der Waals surface area contributed by atoms with E-state index in [-0.39, 0.29) is 17.7 Å². The third-order valence-electron chi connectivity index (χ3n) is 4.61. The minimum Gasteiger partial charge on any atom is -0.358 e. The van der Waals surface area contributed by atoms with Crippen LogP contribution in [0.3, 0.4) is 0 Å². The number of carbonyl (C=O) groups is 2. The van der Waals surface area contributed by atoms with Gasteiger partial charge in [-0.15, -0.1) is 0 Å². The van der Waals surface area contributed by atoms with Gasteiger partial charge in [0.25, 0.3) is 0 Å². The molecule has 0 aromatic heterocycles. The van der Waals surface area contributed by atoms with Crippen LogP contribution in [-0.4, -0.2) is 67.9 Å². The average Bonchev–Trinajstić information content (AvgIpc) is 2.95. The van der Waals surface area contributed by atoms with Crippen molar-refractivity contribution in [2.45, 2.75) is 19.3 Å². The average molecular weight is 282 g/mol. The molecule has 1 saturated carbocycles. The number of hydrogen-bond acceptors (Lipinski definition) is 4. The van der Waals surface area contributed by atoms with E-state index in [1.54, 1.807) is 7.05 Å². The summed E-state index contributed by atoms with van der Waals surface area (Å²) in [6.45, 7) is 4.05.